The van der Waals surface area contributed by atoms with Gasteiger partial charge in [-0.3, -0.25) is 0 Å². The lowest BCUT2D eigenvalue weighted by Crippen LogP contribution is -2.42. The van der Waals surface area contributed by atoms with Crippen molar-refractivity contribution in [3.05, 3.63) is 18.3 Å². The highest BCUT2D eigenvalue weighted by Gasteiger charge is 2.33. The van der Waals surface area contributed by atoms with Crippen LogP contribution in [0.5, 0.6) is 0 Å². The molecule has 1 aliphatic rings. The molecular formula is C13H22N4O2S. The van der Waals surface area contributed by atoms with Crippen LogP contribution in [0.25, 0.3) is 0 Å². The van der Waals surface area contributed by atoms with Crippen LogP contribution >= 0.6 is 0 Å². The van der Waals surface area contributed by atoms with Crippen LogP contribution in [0.2, 0.25) is 0 Å². The molecule has 0 radical (unpaired) electrons. The molecule has 6 nitrogen and oxygen atoms in total. The quantitative estimate of drug-likeness (QED) is 0.650. The fourth-order valence-corrected chi connectivity index (χ4v) is 4.23. The summed E-state index contributed by atoms with van der Waals surface area (Å²) in [5, 5.41) is 0. The normalized spacial score (nSPS) is 23.8. The van der Waals surface area contributed by atoms with Crippen LogP contribution in [-0.2, 0) is 10.0 Å². The molecule has 7 heteroatoms. The average Bonchev–Trinajstić information content (AvgIpc) is 2.47. The van der Waals surface area contributed by atoms with E-state index in [4.69, 9.17) is 5.84 Å². The summed E-state index contributed by atoms with van der Waals surface area (Å²) >= 11 is 0. The first-order valence-electron chi connectivity index (χ1n) is 6.87. The molecule has 1 saturated carbocycles. The van der Waals surface area contributed by atoms with E-state index in [1.807, 2.05) is 0 Å². The van der Waals surface area contributed by atoms with E-state index < -0.39 is 10.0 Å². The second-order valence-electron chi connectivity index (χ2n) is 5.37. The number of aromatic nitrogens is 1. The molecule has 0 spiro atoms. The molecule has 0 bridgehead atoms. The van der Waals surface area contributed by atoms with Crippen molar-refractivity contribution in [2.45, 2.75) is 43.5 Å². The zero-order valence-corrected chi connectivity index (χ0v) is 12.7. The molecule has 2 rings (SSSR count). The number of hydrogen-bond acceptors (Lipinski definition) is 5. The Morgan fingerprint density at radius 2 is 2.05 bits per heavy atom. The first-order chi connectivity index (χ1) is 9.46. The minimum absolute atomic E-state index is 0.0704. The van der Waals surface area contributed by atoms with Crippen LogP contribution in [0, 0.1) is 5.92 Å². The zero-order valence-electron chi connectivity index (χ0n) is 11.9. The Morgan fingerprint density at radius 3 is 2.60 bits per heavy atom. The van der Waals surface area contributed by atoms with Gasteiger partial charge in [0.15, 0.2) is 0 Å². The summed E-state index contributed by atoms with van der Waals surface area (Å²) in [6, 6.07) is 3.16. The van der Waals surface area contributed by atoms with Gasteiger partial charge in [0.2, 0.25) is 10.0 Å². The SMILES string of the molecule is CC1CCCCC1N(C)S(=O)(=O)c1ccc(NN)nc1. The van der Waals surface area contributed by atoms with Crippen LogP contribution in [0.3, 0.4) is 0 Å². The Bertz CT molecular complexity index is 544. The fraction of sp³-hybridized carbons (Fsp3) is 0.615. The smallest absolute Gasteiger partial charge is 0.244 e. The standard InChI is InChI=1S/C13H22N4O2S/c1-10-5-3-4-6-12(10)17(2)20(18,19)11-7-8-13(16-14)15-9-11/h7-10,12H,3-6,14H2,1-2H3,(H,15,16). The molecule has 0 aliphatic heterocycles. The third kappa shape index (κ3) is 2.94. The van der Waals surface area contributed by atoms with E-state index in [2.05, 4.69) is 17.3 Å². The molecule has 3 N–H and O–H groups in total. The summed E-state index contributed by atoms with van der Waals surface area (Å²) in [6.07, 6.45) is 5.62. The van der Waals surface area contributed by atoms with Gasteiger partial charge in [-0.15, -0.1) is 0 Å². The molecule has 2 atom stereocenters. The minimum Gasteiger partial charge on any atom is -0.308 e. The topological polar surface area (TPSA) is 88.3 Å². The van der Waals surface area contributed by atoms with Gasteiger partial charge in [0.05, 0.1) is 0 Å². The van der Waals surface area contributed by atoms with Crippen molar-refractivity contribution >= 4 is 15.8 Å². The lowest BCUT2D eigenvalue weighted by molar-refractivity contribution is 0.213. The largest absolute Gasteiger partial charge is 0.308 e. The third-order valence-corrected chi connectivity index (χ3v) is 5.96. The van der Waals surface area contributed by atoms with Crippen molar-refractivity contribution in [2.75, 3.05) is 12.5 Å². The Morgan fingerprint density at radius 1 is 1.35 bits per heavy atom. The van der Waals surface area contributed by atoms with E-state index in [9.17, 15) is 8.42 Å². The van der Waals surface area contributed by atoms with Crippen LogP contribution in [0.1, 0.15) is 32.6 Å². The molecule has 1 aromatic heterocycles. The maximum absolute atomic E-state index is 12.6. The van der Waals surface area contributed by atoms with Gasteiger partial charge < -0.3 is 5.43 Å². The predicted molar refractivity (Wildman–Crippen MR) is 78.4 cm³/mol. The molecule has 1 heterocycles. The second kappa shape index (κ2) is 6.07. The molecule has 0 saturated heterocycles. The van der Waals surface area contributed by atoms with Gasteiger partial charge in [-0.25, -0.2) is 19.2 Å². The number of nitrogens with one attached hydrogen (secondary N) is 1. The average molecular weight is 298 g/mol. The first-order valence-corrected chi connectivity index (χ1v) is 8.31. The number of sulfonamides is 1. The van der Waals surface area contributed by atoms with Gasteiger partial charge in [0.25, 0.3) is 0 Å². The monoisotopic (exact) mass is 298 g/mol. The van der Waals surface area contributed by atoms with E-state index in [1.165, 1.54) is 23.0 Å². The molecule has 1 aromatic rings. The van der Waals surface area contributed by atoms with E-state index in [0.29, 0.717) is 11.7 Å². The van der Waals surface area contributed by atoms with E-state index >= 15 is 0 Å². The number of nitrogens with two attached hydrogens (primary N) is 1. The highest BCUT2D eigenvalue weighted by Crippen LogP contribution is 2.30. The Balaban J connectivity index is 2.23. The second-order valence-corrected chi connectivity index (χ2v) is 7.37. The van der Waals surface area contributed by atoms with Crippen molar-refractivity contribution in [1.29, 1.82) is 0 Å². The van der Waals surface area contributed by atoms with Gasteiger partial charge in [-0.1, -0.05) is 19.8 Å². The molecule has 1 aliphatic carbocycles. The Hall–Kier alpha value is -1.18. The van der Waals surface area contributed by atoms with Crippen molar-refractivity contribution in [2.24, 2.45) is 11.8 Å². The molecule has 1 fully saturated rings. The van der Waals surface area contributed by atoms with Gasteiger partial charge >= 0.3 is 0 Å². The van der Waals surface area contributed by atoms with E-state index in [1.54, 1.807) is 13.1 Å². The number of rotatable bonds is 4. The van der Waals surface area contributed by atoms with Crippen molar-refractivity contribution in [1.82, 2.24) is 9.29 Å². The summed E-state index contributed by atoms with van der Waals surface area (Å²) in [4.78, 5) is 4.17. The zero-order chi connectivity index (χ0) is 14.8. The highest BCUT2D eigenvalue weighted by molar-refractivity contribution is 7.89. The number of hydrazine groups is 1. The Kier molecular flexibility index (Phi) is 4.62. The van der Waals surface area contributed by atoms with Gasteiger partial charge in [-0.2, -0.15) is 4.31 Å². The van der Waals surface area contributed by atoms with Gasteiger partial charge in [0, 0.05) is 19.3 Å². The van der Waals surface area contributed by atoms with Gasteiger partial charge in [0.1, 0.15) is 10.7 Å². The fourth-order valence-electron chi connectivity index (χ4n) is 2.80. The van der Waals surface area contributed by atoms with Crippen molar-refractivity contribution < 1.29 is 8.42 Å². The van der Waals surface area contributed by atoms with E-state index in [0.717, 1.165) is 19.3 Å². The van der Waals surface area contributed by atoms with E-state index in [-0.39, 0.29) is 10.9 Å². The molecule has 2 unspecified atom stereocenters. The summed E-state index contributed by atoms with van der Waals surface area (Å²) in [7, 11) is -1.83. The third-order valence-electron chi connectivity index (χ3n) is 4.09. The lowest BCUT2D eigenvalue weighted by atomic mass is 9.86. The summed E-state index contributed by atoms with van der Waals surface area (Å²) in [5.41, 5.74) is 2.39. The number of nitrogen functional groups attached to an aromatic ring is 1. The number of pyridine rings is 1. The first kappa shape index (κ1) is 15.2. The summed E-state index contributed by atoms with van der Waals surface area (Å²) < 4.78 is 26.7. The minimum atomic E-state index is -3.49. The summed E-state index contributed by atoms with van der Waals surface area (Å²) in [5.74, 6) is 6.06. The van der Waals surface area contributed by atoms with Crippen LogP contribution in [0.15, 0.2) is 23.2 Å². The van der Waals surface area contributed by atoms with Crippen LogP contribution in [-0.4, -0.2) is 30.8 Å². The number of anilines is 1. The molecule has 0 aromatic carbocycles. The lowest BCUT2D eigenvalue weighted by Gasteiger charge is -2.35. The number of nitrogens with zero attached hydrogens (tertiary/aromatic N) is 2. The maximum Gasteiger partial charge on any atom is 0.244 e. The van der Waals surface area contributed by atoms with Gasteiger partial charge in [-0.05, 0) is 30.9 Å². The highest BCUT2D eigenvalue weighted by atomic mass is 32.2. The molecular weight excluding hydrogens is 276 g/mol. The van der Waals surface area contributed by atoms with Crippen molar-refractivity contribution in [3.63, 3.8) is 0 Å². The summed E-state index contributed by atoms with van der Waals surface area (Å²) in [6.45, 7) is 2.12. The van der Waals surface area contributed by atoms with Crippen molar-refractivity contribution in [3.8, 4) is 0 Å². The maximum atomic E-state index is 12.6. The number of hydrogen-bond donors (Lipinski definition) is 2. The Labute approximate surface area is 120 Å². The molecule has 112 valence electrons. The van der Waals surface area contributed by atoms with Crippen LogP contribution < -0.4 is 11.3 Å². The molecule has 20 heavy (non-hydrogen) atoms. The predicted octanol–water partition coefficient (Wildman–Crippen LogP) is 1.57. The van der Waals surface area contributed by atoms with Crippen LogP contribution in [0.4, 0.5) is 5.82 Å². The molecule has 0 amide bonds.